The van der Waals surface area contributed by atoms with Crippen molar-refractivity contribution < 1.29 is 30.0 Å². The van der Waals surface area contributed by atoms with Crippen molar-refractivity contribution in [3.63, 3.8) is 0 Å². The molecule has 2 amide bonds. The predicted molar refractivity (Wildman–Crippen MR) is 199 cm³/mol. The number of amides is 2. The topological polar surface area (TPSA) is 225 Å². The summed E-state index contributed by atoms with van der Waals surface area (Å²) < 4.78 is 1.73. The molecule has 1 aliphatic carbocycles. The molecule has 278 valence electrons. The van der Waals surface area contributed by atoms with E-state index in [1.54, 1.807) is 60.5 Å². The average molecular weight is 744 g/mol. The number of phenolic OH excluding ortho intramolecular Hbond substituents is 2. The Morgan fingerprint density at radius 3 is 2.30 bits per heavy atom. The summed E-state index contributed by atoms with van der Waals surface area (Å²) in [7, 11) is 0. The van der Waals surface area contributed by atoms with Gasteiger partial charge in [0.25, 0.3) is 0 Å². The number of halogens is 1. The molecule has 3 aromatic heterocycles. The second kappa shape index (κ2) is 15.6. The molecule has 5 aromatic rings. The zero-order valence-corrected chi connectivity index (χ0v) is 29.7. The molecule has 2 aromatic carbocycles. The van der Waals surface area contributed by atoms with Crippen LogP contribution < -0.4 is 21.3 Å². The summed E-state index contributed by atoms with van der Waals surface area (Å²) in [6.45, 7) is 3.14. The minimum atomic E-state index is -1.20. The maximum atomic E-state index is 12.2. The van der Waals surface area contributed by atoms with Gasteiger partial charge in [-0.25, -0.2) is 4.98 Å². The van der Waals surface area contributed by atoms with Crippen LogP contribution in [-0.4, -0.2) is 94.6 Å². The van der Waals surface area contributed by atoms with Crippen LogP contribution in [0.3, 0.4) is 0 Å². The highest BCUT2D eigenvalue weighted by Gasteiger charge is 2.44. The molecule has 0 unspecified atom stereocenters. The van der Waals surface area contributed by atoms with Crippen molar-refractivity contribution in [1.29, 1.82) is 0 Å². The van der Waals surface area contributed by atoms with E-state index in [2.05, 4.69) is 20.6 Å². The summed E-state index contributed by atoms with van der Waals surface area (Å²) in [4.78, 5) is 45.3. The number of aliphatic hydroxyl groups is 2. The Hall–Kier alpha value is -5.51. The Labute approximate surface area is 311 Å². The molecule has 16 heteroatoms. The SMILES string of the molecule is CCC(=O)N[C@H]1C[C@@H](n2cnc3c(NCC(c4ccc(O)cc4)c4ccc(O)cc4)nc(N4CC[C@H](c5cnccc5C(N)=O)C4)nc32)[C@H](O)[C@@H]1O.Cl. The number of hydrogen-bond donors (Lipinski definition) is 7. The molecule has 2 aliphatic rings. The summed E-state index contributed by atoms with van der Waals surface area (Å²) in [6.07, 6.45) is 3.60. The second-order valence-electron chi connectivity index (χ2n) is 13.4. The highest BCUT2D eigenvalue weighted by Crippen LogP contribution is 2.37. The molecule has 1 aliphatic heterocycles. The number of primary amides is 1. The molecule has 0 bridgehead atoms. The molecule has 1 saturated heterocycles. The van der Waals surface area contributed by atoms with Crippen LogP contribution in [0.1, 0.15) is 71.1 Å². The van der Waals surface area contributed by atoms with Crippen molar-refractivity contribution >= 4 is 47.2 Å². The number of nitrogens with two attached hydrogens (primary N) is 1. The Kier molecular flexibility index (Phi) is 11.0. The third-order valence-corrected chi connectivity index (χ3v) is 10.2. The summed E-state index contributed by atoms with van der Waals surface area (Å²) in [5.41, 5.74) is 9.58. The van der Waals surface area contributed by atoms with E-state index in [0.29, 0.717) is 54.5 Å². The van der Waals surface area contributed by atoms with E-state index in [-0.39, 0.29) is 54.5 Å². The third-order valence-electron chi connectivity index (χ3n) is 10.2. The normalized spacial score (nSPS) is 21.1. The van der Waals surface area contributed by atoms with Gasteiger partial charge in [-0.2, -0.15) is 9.97 Å². The van der Waals surface area contributed by atoms with Gasteiger partial charge in [-0.3, -0.25) is 14.6 Å². The molecule has 7 rings (SSSR count). The number of nitrogens with zero attached hydrogens (tertiary/aromatic N) is 6. The van der Waals surface area contributed by atoms with E-state index >= 15 is 0 Å². The summed E-state index contributed by atoms with van der Waals surface area (Å²) in [6, 6.07) is 14.2. The van der Waals surface area contributed by atoms with Gasteiger partial charge >= 0.3 is 0 Å². The lowest BCUT2D eigenvalue weighted by atomic mass is 9.91. The number of aliphatic hydroxyl groups excluding tert-OH is 2. The first-order valence-corrected chi connectivity index (χ1v) is 17.3. The first kappa shape index (κ1) is 37.3. The Balaban J connectivity index is 0.00000481. The smallest absolute Gasteiger partial charge is 0.249 e. The van der Waals surface area contributed by atoms with Crippen LogP contribution in [0, 0.1) is 0 Å². The van der Waals surface area contributed by atoms with Gasteiger partial charge in [0.05, 0.1) is 18.4 Å². The van der Waals surface area contributed by atoms with Crippen molar-refractivity contribution in [2.24, 2.45) is 5.73 Å². The number of carbonyl (C=O) groups excluding carboxylic acids is 2. The number of pyridine rings is 1. The minimum absolute atomic E-state index is 0. The molecule has 1 saturated carbocycles. The van der Waals surface area contributed by atoms with Crippen LogP contribution in [0.25, 0.3) is 11.2 Å². The average Bonchev–Trinajstić information content (AvgIpc) is 3.88. The van der Waals surface area contributed by atoms with Gasteiger partial charge in [0, 0.05) is 55.8 Å². The van der Waals surface area contributed by atoms with Crippen LogP contribution in [0.15, 0.2) is 73.3 Å². The number of rotatable bonds is 11. The van der Waals surface area contributed by atoms with Crippen molar-refractivity contribution in [2.45, 2.75) is 62.3 Å². The second-order valence-corrected chi connectivity index (χ2v) is 13.4. The first-order valence-electron chi connectivity index (χ1n) is 17.3. The number of carbonyl (C=O) groups is 2. The van der Waals surface area contributed by atoms with Gasteiger partial charge in [0.2, 0.25) is 17.8 Å². The van der Waals surface area contributed by atoms with Gasteiger partial charge in [0.15, 0.2) is 17.0 Å². The fourth-order valence-electron chi connectivity index (χ4n) is 7.34. The van der Waals surface area contributed by atoms with Gasteiger partial charge in [-0.1, -0.05) is 31.2 Å². The van der Waals surface area contributed by atoms with Crippen molar-refractivity contribution in [3.05, 3.63) is 95.6 Å². The Morgan fingerprint density at radius 1 is 0.981 bits per heavy atom. The van der Waals surface area contributed by atoms with Crippen LogP contribution >= 0.6 is 12.4 Å². The zero-order chi connectivity index (χ0) is 36.5. The molecule has 2 fully saturated rings. The molecule has 0 radical (unpaired) electrons. The standard InChI is InChI=1S/C37H41N9O6.ClH/c1-2-30(49)42-28-15-29(33(51)32(28)50)46-19-41-31-35(40-17-26(20-3-7-23(47)8-4-20)21-5-9-24(48)10-6-21)43-37(44-36(31)46)45-14-12-22(18-45)27-16-39-13-11-25(27)34(38)52;/h3-11,13,16,19,22,26,28-29,32-33,47-48,50-51H,2,12,14-15,17-18H2,1H3,(H2,38,52)(H,42,49)(H,40,43,44);1H/t22-,28-,29+,32+,33-;/m0./s1. The monoisotopic (exact) mass is 743 g/mol. The van der Waals surface area contributed by atoms with Gasteiger partial charge in [-0.05, 0) is 59.9 Å². The quantitative estimate of drug-likeness (QED) is 0.104. The number of fused-ring (bicyclic) bond motifs is 1. The summed E-state index contributed by atoms with van der Waals surface area (Å²) in [5, 5.41) is 48.4. The van der Waals surface area contributed by atoms with Gasteiger partial charge in [0.1, 0.15) is 23.7 Å². The van der Waals surface area contributed by atoms with Crippen LogP contribution in [0.2, 0.25) is 0 Å². The van der Waals surface area contributed by atoms with Crippen molar-refractivity contribution in [1.82, 2.24) is 29.8 Å². The number of aromatic hydroxyl groups is 2. The Morgan fingerprint density at radius 2 is 1.66 bits per heavy atom. The van der Waals surface area contributed by atoms with Gasteiger partial charge in [-0.15, -0.1) is 12.4 Å². The van der Waals surface area contributed by atoms with Crippen LogP contribution in [0.4, 0.5) is 11.8 Å². The van der Waals surface area contributed by atoms with E-state index in [1.807, 2.05) is 29.2 Å². The predicted octanol–water partition coefficient (Wildman–Crippen LogP) is 2.95. The molecular formula is C37H42ClN9O6. The van der Waals surface area contributed by atoms with Crippen LogP contribution in [-0.2, 0) is 4.79 Å². The lowest BCUT2D eigenvalue weighted by Crippen LogP contribution is -2.42. The third kappa shape index (κ3) is 7.54. The lowest BCUT2D eigenvalue weighted by molar-refractivity contribution is -0.122. The first-order chi connectivity index (χ1) is 25.1. The zero-order valence-electron chi connectivity index (χ0n) is 28.9. The molecule has 53 heavy (non-hydrogen) atoms. The molecule has 5 atom stereocenters. The molecule has 0 spiro atoms. The summed E-state index contributed by atoms with van der Waals surface area (Å²) >= 11 is 0. The fourth-order valence-corrected chi connectivity index (χ4v) is 7.34. The number of benzene rings is 2. The number of phenols is 2. The molecule has 15 nitrogen and oxygen atoms in total. The lowest BCUT2D eigenvalue weighted by Gasteiger charge is -2.22. The molecule has 8 N–H and O–H groups in total. The van der Waals surface area contributed by atoms with E-state index < -0.39 is 30.2 Å². The van der Waals surface area contributed by atoms with E-state index in [9.17, 15) is 30.0 Å². The highest BCUT2D eigenvalue weighted by atomic mass is 35.5. The van der Waals surface area contributed by atoms with E-state index in [1.165, 1.54) is 0 Å². The fraction of sp³-hybridized carbons (Fsp3) is 0.351. The molecule has 4 heterocycles. The summed E-state index contributed by atoms with van der Waals surface area (Å²) in [5.74, 6) is 0.0977. The largest absolute Gasteiger partial charge is 0.508 e. The van der Waals surface area contributed by atoms with E-state index in [4.69, 9.17) is 15.7 Å². The number of nitrogens with one attached hydrogen (secondary N) is 2. The number of anilines is 2. The highest BCUT2D eigenvalue weighted by molar-refractivity contribution is 5.94. The van der Waals surface area contributed by atoms with Crippen molar-refractivity contribution in [2.75, 3.05) is 29.9 Å². The van der Waals surface area contributed by atoms with Crippen molar-refractivity contribution in [3.8, 4) is 11.5 Å². The maximum absolute atomic E-state index is 12.2. The molecular weight excluding hydrogens is 702 g/mol. The number of hydrogen-bond acceptors (Lipinski definition) is 12. The van der Waals surface area contributed by atoms with E-state index in [0.717, 1.165) is 16.7 Å². The number of imidazole rings is 1. The minimum Gasteiger partial charge on any atom is -0.508 e. The Bertz CT molecular complexity index is 2030. The van der Waals surface area contributed by atoms with Gasteiger partial charge < -0.3 is 46.3 Å². The van der Waals surface area contributed by atoms with Crippen LogP contribution in [0.5, 0.6) is 11.5 Å². The maximum Gasteiger partial charge on any atom is 0.249 e. The number of aromatic nitrogens is 5.